The first kappa shape index (κ1) is 17.1. The van der Waals surface area contributed by atoms with Gasteiger partial charge in [-0.15, -0.1) is 0 Å². The molecule has 0 atom stereocenters. The summed E-state index contributed by atoms with van der Waals surface area (Å²) in [4.78, 5) is 12.1. The second-order valence-corrected chi connectivity index (χ2v) is 6.82. The molecule has 0 saturated heterocycles. The largest absolute Gasteiger partial charge is 0.444 e. The van der Waals surface area contributed by atoms with E-state index in [9.17, 15) is 4.79 Å². The number of ether oxygens (including phenoxy) is 1. The van der Waals surface area contributed by atoms with Gasteiger partial charge in [-0.25, -0.2) is 4.79 Å². The van der Waals surface area contributed by atoms with Crippen LogP contribution in [0.5, 0.6) is 0 Å². The number of nitrogens with one attached hydrogen (secondary N) is 3. The minimum atomic E-state index is -0.509. The minimum Gasteiger partial charge on any atom is -0.444 e. The third-order valence-electron chi connectivity index (χ3n) is 3.69. The maximum atomic E-state index is 12.1. The number of amides is 1. The van der Waals surface area contributed by atoms with Crippen molar-refractivity contribution in [3.8, 4) is 0 Å². The minimum absolute atomic E-state index is 0.342. The van der Waals surface area contributed by atoms with Gasteiger partial charge in [0.1, 0.15) is 5.60 Å². The fourth-order valence-corrected chi connectivity index (χ4v) is 2.47. The van der Waals surface area contributed by atoms with Crippen LogP contribution in [0, 0.1) is 5.41 Å². The van der Waals surface area contributed by atoms with Crippen molar-refractivity contribution in [3.05, 3.63) is 41.6 Å². The zero-order valence-corrected chi connectivity index (χ0v) is 14.2. The molecule has 0 aromatic heterocycles. The summed E-state index contributed by atoms with van der Waals surface area (Å²) in [6, 6.07) is 7.95. The van der Waals surface area contributed by atoms with E-state index in [1.807, 2.05) is 45.0 Å². The van der Waals surface area contributed by atoms with Gasteiger partial charge in [0.2, 0.25) is 0 Å². The van der Waals surface area contributed by atoms with Crippen LogP contribution in [0.4, 0.5) is 4.79 Å². The van der Waals surface area contributed by atoms with E-state index in [2.05, 4.69) is 10.6 Å². The topological polar surface area (TPSA) is 74.2 Å². The van der Waals surface area contributed by atoms with Gasteiger partial charge in [-0.05, 0) is 50.8 Å². The number of allylic oxidation sites excluding steroid dienone is 1. The first-order chi connectivity index (χ1) is 10.8. The lowest BCUT2D eigenvalue weighted by Gasteiger charge is -2.24. The second kappa shape index (κ2) is 6.44. The summed E-state index contributed by atoms with van der Waals surface area (Å²) in [6.45, 7) is 5.56. The number of alkyl carbamates (subject to hydrolysis) is 1. The van der Waals surface area contributed by atoms with E-state index in [0.29, 0.717) is 0 Å². The van der Waals surface area contributed by atoms with Crippen LogP contribution in [-0.4, -0.2) is 25.0 Å². The molecular weight excluding hydrogens is 290 g/mol. The summed E-state index contributed by atoms with van der Waals surface area (Å²) >= 11 is 0. The summed E-state index contributed by atoms with van der Waals surface area (Å²) in [5.74, 6) is 0. The molecule has 1 fully saturated rings. The molecule has 5 heteroatoms. The van der Waals surface area contributed by atoms with Crippen molar-refractivity contribution in [2.45, 2.75) is 44.8 Å². The molecule has 5 nitrogen and oxygen atoms in total. The molecule has 1 saturated carbocycles. The standard InChI is InChI=1S/C18H25N3O2/c1-17(2,3)23-16(22)21-18(8-9-18)15-7-5-6-13(10-15)14(11-19)12-20-4/h5-7,10-12,19-20H,8-9H2,1-4H3,(H,21,22)/b14-12+,19-11?. The van der Waals surface area contributed by atoms with Gasteiger partial charge in [0.15, 0.2) is 0 Å². The Balaban J connectivity index is 2.20. The summed E-state index contributed by atoms with van der Waals surface area (Å²) in [5, 5.41) is 13.5. The maximum Gasteiger partial charge on any atom is 0.408 e. The van der Waals surface area contributed by atoms with E-state index in [-0.39, 0.29) is 5.54 Å². The van der Waals surface area contributed by atoms with E-state index in [1.54, 1.807) is 13.2 Å². The van der Waals surface area contributed by atoms with Crippen molar-refractivity contribution in [3.63, 3.8) is 0 Å². The lowest BCUT2D eigenvalue weighted by molar-refractivity contribution is 0.0495. The Morgan fingerprint density at radius 2 is 2.04 bits per heavy atom. The summed E-state index contributed by atoms with van der Waals surface area (Å²) < 4.78 is 5.36. The summed E-state index contributed by atoms with van der Waals surface area (Å²) in [7, 11) is 1.81. The normalized spacial score (nSPS) is 16.4. The second-order valence-electron chi connectivity index (χ2n) is 6.82. The number of carbonyl (C=O) groups excluding carboxylic acids is 1. The lowest BCUT2D eigenvalue weighted by Crippen LogP contribution is -2.39. The van der Waals surface area contributed by atoms with Crippen LogP contribution in [0.15, 0.2) is 30.5 Å². The molecule has 0 spiro atoms. The molecule has 1 aliphatic rings. The Morgan fingerprint density at radius 1 is 1.35 bits per heavy atom. The highest BCUT2D eigenvalue weighted by Gasteiger charge is 2.46. The monoisotopic (exact) mass is 315 g/mol. The number of carbonyl (C=O) groups is 1. The Bertz CT molecular complexity index is 625. The number of rotatable bonds is 5. The van der Waals surface area contributed by atoms with Crippen LogP contribution in [0.1, 0.15) is 44.7 Å². The van der Waals surface area contributed by atoms with E-state index in [1.165, 1.54) is 6.21 Å². The summed E-state index contributed by atoms with van der Waals surface area (Å²) in [5.41, 5.74) is 1.94. The van der Waals surface area contributed by atoms with Gasteiger partial charge in [0.05, 0.1) is 5.54 Å². The molecule has 3 N–H and O–H groups in total. The first-order valence-electron chi connectivity index (χ1n) is 7.80. The highest BCUT2D eigenvalue weighted by molar-refractivity contribution is 6.08. The highest BCUT2D eigenvalue weighted by atomic mass is 16.6. The van der Waals surface area contributed by atoms with Crippen LogP contribution in [0.2, 0.25) is 0 Å². The highest BCUT2D eigenvalue weighted by Crippen LogP contribution is 2.46. The molecular formula is C18H25N3O2. The Kier molecular flexibility index (Phi) is 4.78. The van der Waals surface area contributed by atoms with Crippen molar-refractivity contribution in [1.29, 1.82) is 5.41 Å². The van der Waals surface area contributed by atoms with Crippen molar-refractivity contribution in [2.24, 2.45) is 0 Å². The number of hydrogen-bond donors (Lipinski definition) is 3. The van der Waals surface area contributed by atoms with E-state index in [0.717, 1.165) is 29.5 Å². The number of hydrogen-bond acceptors (Lipinski definition) is 4. The van der Waals surface area contributed by atoms with Crippen LogP contribution in [-0.2, 0) is 10.3 Å². The van der Waals surface area contributed by atoms with Crippen LogP contribution >= 0.6 is 0 Å². The van der Waals surface area contributed by atoms with Crippen LogP contribution in [0.25, 0.3) is 5.57 Å². The Morgan fingerprint density at radius 3 is 2.57 bits per heavy atom. The van der Waals surface area contributed by atoms with E-state index in [4.69, 9.17) is 10.1 Å². The molecule has 1 aliphatic carbocycles. The van der Waals surface area contributed by atoms with Crippen molar-refractivity contribution < 1.29 is 9.53 Å². The fraction of sp³-hybridized carbons (Fsp3) is 0.444. The van der Waals surface area contributed by atoms with Gasteiger partial charge in [0.25, 0.3) is 0 Å². The zero-order chi connectivity index (χ0) is 17.1. The third-order valence-corrected chi connectivity index (χ3v) is 3.69. The first-order valence-corrected chi connectivity index (χ1v) is 7.80. The SMILES string of the molecule is CN/C=C(\C=N)c1cccc(C2(NC(=O)OC(C)(C)C)CC2)c1. The number of benzene rings is 1. The summed E-state index contributed by atoms with van der Waals surface area (Å²) in [6.07, 6.45) is 4.50. The van der Waals surface area contributed by atoms with Gasteiger partial charge in [0, 0.05) is 25.0 Å². The van der Waals surface area contributed by atoms with Crippen molar-refractivity contribution >= 4 is 17.9 Å². The molecule has 1 aromatic rings. The molecule has 0 bridgehead atoms. The Labute approximate surface area is 137 Å². The molecule has 2 rings (SSSR count). The van der Waals surface area contributed by atoms with Crippen LogP contribution in [0.3, 0.4) is 0 Å². The van der Waals surface area contributed by atoms with Gasteiger partial charge in [-0.2, -0.15) is 0 Å². The predicted molar refractivity (Wildman–Crippen MR) is 92.5 cm³/mol. The molecule has 0 radical (unpaired) electrons. The third kappa shape index (κ3) is 4.34. The molecule has 1 aromatic carbocycles. The van der Waals surface area contributed by atoms with Crippen molar-refractivity contribution in [2.75, 3.05) is 7.05 Å². The van der Waals surface area contributed by atoms with Gasteiger partial charge < -0.3 is 20.8 Å². The molecule has 0 unspecified atom stereocenters. The smallest absolute Gasteiger partial charge is 0.408 e. The molecule has 1 amide bonds. The van der Waals surface area contributed by atoms with Gasteiger partial charge in [-0.1, -0.05) is 18.2 Å². The molecule has 124 valence electrons. The van der Waals surface area contributed by atoms with Gasteiger partial charge in [-0.3, -0.25) is 0 Å². The average molecular weight is 315 g/mol. The molecule has 0 aliphatic heterocycles. The van der Waals surface area contributed by atoms with E-state index < -0.39 is 11.7 Å². The maximum absolute atomic E-state index is 12.1. The molecule has 0 heterocycles. The molecule has 23 heavy (non-hydrogen) atoms. The fourth-order valence-electron chi connectivity index (χ4n) is 2.47. The van der Waals surface area contributed by atoms with Gasteiger partial charge >= 0.3 is 6.09 Å². The zero-order valence-electron chi connectivity index (χ0n) is 14.2. The average Bonchev–Trinajstić information content (AvgIpc) is 3.23. The van der Waals surface area contributed by atoms with Crippen LogP contribution < -0.4 is 10.6 Å². The predicted octanol–water partition coefficient (Wildman–Crippen LogP) is 3.41. The van der Waals surface area contributed by atoms with Crippen molar-refractivity contribution in [1.82, 2.24) is 10.6 Å². The van der Waals surface area contributed by atoms with E-state index >= 15 is 0 Å². The quantitative estimate of drug-likeness (QED) is 0.729. The lowest BCUT2D eigenvalue weighted by atomic mass is 9.99. The Hall–Kier alpha value is -2.30.